The maximum absolute atomic E-state index is 12.6. The monoisotopic (exact) mass is 424 g/mol. The quantitative estimate of drug-likeness (QED) is 0.170. The molecule has 156 valence electrons. The number of pyridine rings is 1. The Kier molecular flexibility index (Phi) is 4.70. The van der Waals surface area contributed by atoms with E-state index in [1.54, 1.807) is 0 Å². The lowest BCUT2D eigenvalue weighted by atomic mass is 9.91. The highest BCUT2D eigenvalue weighted by molar-refractivity contribution is 6.15. The van der Waals surface area contributed by atoms with Crippen LogP contribution in [0.1, 0.15) is 10.4 Å². The van der Waals surface area contributed by atoms with Crippen LogP contribution in [0, 0.1) is 0 Å². The smallest absolute Gasteiger partial charge is 0.227 e. The van der Waals surface area contributed by atoms with Gasteiger partial charge in [0.1, 0.15) is 0 Å². The molecule has 0 saturated heterocycles. The molecule has 1 aromatic heterocycles. The number of hydrogen-bond donors (Lipinski definition) is 0. The summed E-state index contributed by atoms with van der Waals surface area (Å²) in [6.45, 7) is 0.325. The summed E-state index contributed by atoms with van der Waals surface area (Å²) < 4.78 is 1.95. The summed E-state index contributed by atoms with van der Waals surface area (Å²) in [4.78, 5) is 12.6. The molecule has 0 aliphatic carbocycles. The van der Waals surface area contributed by atoms with Crippen molar-refractivity contribution in [3.8, 4) is 11.1 Å². The van der Waals surface area contributed by atoms with E-state index in [0.717, 1.165) is 11.1 Å². The van der Waals surface area contributed by atoms with Crippen LogP contribution >= 0.6 is 0 Å². The number of Topliss-reactive ketones (excluding diaryl/α,β-unsaturated/α-hetero) is 1. The Morgan fingerprint density at radius 2 is 1.18 bits per heavy atom. The zero-order valence-electron chi connectivity index (χ0n) is 18.1. The van der Waals surface area contributed by atoms with Gasteiger partial charge in [0.2, 0.25) is 12.3 Å². The number of benzene rings is 5. The number of carbonyl (C=O) groups is 1. The van der Waals surface area contributed by atoms with Gasteiger partial charge in [0.05, 0.1) is 0 Å². The SMILES string of the molecule is O=C(C[n+]1ccc(-c2c3ccccc3cc3cc4ccccc4cc23)cc1)c1ccccc1. The van der Waals surface area contributed by atoms with E-state index in [2.05, 4.69) is 78.9 Å². The van der Waals surface area contributed by atoms with E-state index >= 15 is 0 Å². The first-order valence-corrected chi connectivity index (χ1v) is 11.2. The van der Waals surface area contributed by atoms with E-state index in [-0.39, 0.29) is 5.78 Å². The fourth-order valence-corrected chi connectivity index (χ4v) is 4.68. The molecule has 2 nitrogen and oxygen atoms in total. The van der Waals surface area contributed by atoms with Crippen LogP contribution in [0.15, 0.2) is 122 Å². The van der Waals surface area contributed by atoms with Crippen LogP contribution in [0.3, 0.4) is 0 Å². The molecule has 0 radical (unpaired) electrons. The number of rotatable bonds is 4. The molecular formula is C31H22NO+. The average Bonchev–Trinajstić information content (AvgIpc) is 2.87. The summed E-state index contributed by atoms with van der Waals surface area (Å²) in [6, 6.07) is 37.6. The first kappa shape index (κ1) is 19.4. The topological polar surface area (TPSA) is 20.9 Å². The molecule has 0 atom stereocenters. The Labute approximate surface area is 192 Å². The van der Waals surface area contributed by atoms with Gasteiger partial charge >= 0.3 is 0 Å². The van der Waals surface area contributed by atoms with Crippen LogP contribution in [-0.4, -0.2) is 5.78 Å². The normalized spacial score (nSPS) is 11.3. The number of hydrogen-bond acceptors (Lipinski definition) is 1. The molecule has 1 heterocycles. The van der Waals surface area contributed by atoms with Gasteiger partial charge in [-0.15, -0.1) is 0 Å². The minimum atomic E-state index is 0.107. The second-order valence-electron chi connectivity index (χ2n) is 8.44. The largest absolute Gasteiger partial charge is 0.287 e. The summed E-state index contributed by atoms with van der Waals surface area (Å²) in [7, 11) is 0. The summed E-state index contributed by atoms with van der Waals surface area (Å²) in [5, 5.41) is 7.42. The van der Waals surface area contributed by atoms with E-state index < -0.39 is 0 Å². The second kappa shape index (κ2) is 7.99. The zero-order chi connectivity index (χ0) is 22.2. The fourth-order valence-electron chi connectivity index (χ4n) is 4.68. The van der Waals surface area contributed by atoms with Crippen LogP contribution in [0.4, 0.5) is 0 Å². The molecule has 0 unspecified atom stereocenters. The summed E-state index contributed by atoms with van der Waals surface area (Å²) in [6.07, 6.45) is 4.01. The van der Waals surface area contributed by atoms with E-state index in [0.29, 0.717) is 6.54 Å². The van der Waals surface area contributed by atoms with Crippen LogP contribution in [0.5, 0.6) is 0 Å². The Morgan fingerprint density at radius 3 is 1.94 bits per heavy atom. The third-order valence-corrected chi connectivity index (χ3v) is 6.33. The van der Waals surface area contributed by atoms with Crippen molar-refractivity contribution < 1.29 is 9.36 Å². The van der Waals surface area contributed by atoms with Gasteiger partial charge < -0.3 is 0 Å². The van der Waals surface area contributed by atoms with Gasteiger partial charge in [0, 0.05) is 17.7 Å². The molecule has 0 bridgehead atoms. The summed E-state index contributed by atoms with van der Waals surface area (Å²) >= 11 is 0. The Bertz CT molecular complexity index is 1630. The molecule has 0 spiro atoms. The molecular weight excluding hydrogens is 402 g/mol. The molecule has 0 amide bonds. The first-order chi connectivity index (χ1) is 16.3. The number of fused-ring (bicyclic) bond motifs is 3. The van der Waals surface area contributed by atoms with Crippen molar-refractivity contribution in [2.75, 3.05) is 0 Å². The highest BCUT2D eigenvalue weighted by Crippen LogP contribution is 2.37. The third kappa shape index (κ3) is 3.56. The lowest BCUT2D eigenvalue weighted by Gasteiger charge is -2.13. The highest BCUT2D eigenvalue weighted by atomic mass is 16.1. The van der Waals surface area contributed by atoms with E-state index in [4.69, 9.17) is 0 Å². The molecule has 0 aliphatic rings. The Morgan fingerprint density at radius 1 is 0.576 bits per heavy atom. The second-order valence-corrected chi connectivity index (χ2v) is 8.44. The molecule has 0 aliphatic heterocycles. The molecule has 5 aromatic carbocycles. The highest BCUT2D eigenvalue weighted by Gasteiger charge is 2.15. The van der Waals surface area contributed by atoms with E-state index in [1.807, 2.05) is 47.3 Å². The third-order valence-electron chi connectivity index (χ3n) is 6.33. The van der Waals surface area contributed by atoms with Gasteiger partial charge in [-0.2, -0.15) is 4.57 Å². The van der Waals surface area contributed by atoms with Gasteiger partial charge in [-0.05, 0) is 61.6 Å². The fraction of sp³-hybridized carbons (Fsp3) is 0.0323. The van der Waals surface area contributed by atoms with Crippen LogP contribution in [-0.2, 0) is 6.54 Å². The van der Waals surface area contributed by atoms with Gasteiger partial charge in [0.15, 0.2) is 12.4 Å². The van der Waals surface area contributed by atoms with Gasteiger partial charge in [-0.25, -0.2) is 0 Å². The molecule has 0 fully saturated rings. The standard InChI is InChI=1S/C31H22NO/c33-30(22-8-2-1-3-9-22)21-32-16-14-23(15-17-32)31-28-13-7-6-12-26(28)19-27-18-24-10-4-5-11-25(24)20-29(27)31/h1-20H,21H2/q+1. The predicted molar refractivity (Wildman–Crippen MR) is 135 cm³/mol. The first-order valence-electron chi connectivity index (χ1n) is 11.2. The van der Waals surface area contributed by atoms with Crippen LogP contribution in [0.25, 0.3) is 43.4 Å². The van der Waals surface area contributed by atoms with Gasteiger partial charge in [-0.1, -0.05) is 78.9 Å². The number of ketones is 1. The predicted octanol–water partition coefficient (Wildman–Crippen LogP) is 6.98. The number of carbonyl (C=O) groups excluding carboxylic acids is 1. The van der Waals surface area contributed by atoms with Crippen molar-refractivity contribution in [2.45, 2.75) is 6.54 Å². The minimum absolute atomic E-state index is 0.107. The van der Waals surface area contributed by atoms with E-state index in [1.165, 1.54) is 37.9 Å². The van der Waals surface area contributed by atoms with Crippen molar-refractivity contribution in [1.29, 1.82) is 0 Å². The van der Waals surface area contributed by atoms with E-state index in [9.17, 15) is 4.79 Å². The molecule has 0 saturated carbocycles. The summed E-state index contributed by atoms with van der Waals surface area (Å²) in [5.41, 5.74) is 3.12. The molecule has 2 heteroatoms. The Balaban J connectivity index is 1.48. The molecule has 6 rings (SSSR count). The lowest BCUT2D eigenvalue weighted by Crippen LogP contribution is -2.37. The molecule has 33 heavy (non-hydrogen) atoms. The van der Waals surface area contributed by atoms with Crippen LogP contribution in [0.2, 0.25) is 0 Å². The van der Waals surface area contributed by atoms with Gasteiger partial charge in [-0.3, -0.25) is 4.79 Å². The van der Waals surface area contributed by atoms with Crippen LogP contribution < -0.4 is 4.57 Å². The van der Waals surface area contributed by atoms with Crippen molar-refractivity contribution in [3.63, 3.8) is 0 Å². The summed E-state index contributed by atoms with van der Waals surface area (Å²) in [5.74, 6) is 0.107. The minimum Gasteiger partial charge on any atom is -0.287 e. The Hall–Kier alpha value is -4.30. The maximum Gasteiger partial charge on any atom is 0.227 e. The van der Waals surface area contributed by atoms with Crippen molar-refractivity contribution in [3.05, 3.63) is 127 Å². The van der Waals surface area contributed by atoms with Gasteiger partial charge in [0.25, 0.3) is 0 Å². The molecule has 0 N–H and O–H groups in total. The number of nitrogens with zero attached hydrogens (tertiary/aromatic N) is 1. The zero-order valence-corrected chi connectivity index (χ0v) is 18.1. The van der Waals surface area contributed by atoms with Crippen molar-refractivity contribution >= 4 is 38.1 Å². The maximum atomic E-state index is 12.6. The average molecular weight is 425 g/mol. The van der Waals surface area contributed by atoms with Crippen molar-refractivity contribution in [2.24, 2.45) is 0 Å². The lowest BCUT2D eigenvalue weighted by molar-refractivity contribution is -0.683. The van der Waals surface area contributed by atoms with Crippen molar-refractivity contribution in [1.82, 2.24) is 0 Å². The number of aromatic nitrogens is 1. The molecule has 6 aromatic rings.